The highest BCUT2D eigenvalue weighted by molar-refractivity contribution is 6.04. The smallest absolute Gasteiger partial charge is 0.357 e. The molecule has 2 rings (SSSR count). The van der Waals surface area contributed by atoms with Gasteiger partial charge in [-0.3, -0.25) is 0 Å². The van der Waals surface area contributed by atoms with Gasteiger partial charge in [-0.2, -0.15) is 11.0 Å². The van der Waals surface area contributed by atoms with Gasteiger partial charge in [0.1, 0.15) is 6.61 Å². The Morgan fingerprint density at radius 3 is 1.86 bits per heavy atom. The molecule has 0 aromatic heterocycles. The third-order valence-corrected chi connectivity index (χ3v) is 4.36. The Balaban J connectivity index is 1.70. The fourth-order valence-electron chi connectivity index (χ4n) is 2.65. The fourth-order valence-corrected chi connectivity index (χ4v) is 2.65. The first-order chi connectivity index (χ1) is 16.6. The molecule has 0 saturated heterocycles. The minimum absolute atomic E-state index is 0.123. The standard InChI is InChI=1S/C21H20N2O12/c24-17(25)11-2-3-13(15(8-11)19(28)29)10-33-35-23-7-1-6-22-34-21(32)14-5-4-12(18(26)27)9-16(14)20(30)31/h2-5,8-9,22-23H,1,6-7,10H2,(H,24,25)(H,26,27)(H,28,29)(H,30,31). The van der Waals surface area contributed by atoms with Crippen LogP contribution in [0.1, 0.15) is 63.8 Å². The molecule has 0 atom stereocenters. The molecule has 35 heavy (non-hydrogen) atoms. The number of aromatic carboxylic acids is 4. The number of rotatable bonds is 14. The fraction of sp³-hybridized carbons (Fsp3) is 0.190. The Kier molecular flexibility index (Phi) is 9.80. The van der Waals surface area contributed by atoms with E-state index in [0.717, 1.165) is 24.3 Å². The van der Waals surface area contributed by atoms with E-state index in [1.165, 1.54) is 12.1 Å². The summed E-state index contributed by atoms with van der Waals surface area (Å²) in [6, 6.07) is 6.49. The summed E-state index contributed by atoms with van der Waals surface area (Å²) in [6.07, 6.45) is 0.341. The van der Waals surface area contributed by atoms with Crippen LogP contribution in [0.15, 0.2) is 36.4 Å². The van der Waals surface area contributed by atoms with E-state index >= 15 is 0 Å². The molecule has 0 saturated carbocycles. The number of hydroxylamine groups is 2. The second-order valence-corrected chi connectivity index (χ2v) is 6.73. The zero-order valence-electron chi connectivity index (χ0n) is 17.8. The lowest BCUT2D eigenvalue weighted by Crippen LogP contribution is -2.26. The Labute approximate surface area is 196 Å². The van der Waals surface area contributed by atoms with Crippen molar-refractivity contribution in [3.8, 4) is 0 Å². The van der Waals surface area contributed by atoms with Gasteiger partial charge in [-0.15, -0.1) is 4.99 Å². The molecule has 0 heterocycles. The van der Waals surface area contributed by atoms with Gasteiger partial charge in [0.05, 0.1) is 27.8 Å². The van der Waals surface area contributed by atoms with Crippen LogP contribution < -0.4 is 11.0 Å². The van der Waals surface area contributed by atoms with Crippen LogP contribution in [0.5, 0.6) is 0 Å². The first-order valence-electron chi connectivity index (χ1n) is 9.77. The average molecular weight is 492 g/mol. The molecule has 0 radical (unpaired) electrons. The van der Waals surface area contributed by atoms with Gasteiger partial charge >= 0.3 is 29.8 Å². The molecule has 0 aliphatic rings. The highest BCUT2D eigenvalue weighted by Gasteiger charge is 2.20. The topological polar surface area (TPSA) is 218 Å². The van der Waals surface area contributed by atoms with Crippen molar-refractivity contribution in [2.24, 2.45) is 0 Å². The Hall–Kier alpha value is -4.37. The molecule has 2 aromatic carbocycles. The van der Waals surface area contributed by atoms with Gasteiger partial charge in [0.2, 0.25) is 0 Å². The minimum atomic E-state index is -1.49. The molecule has 14 heteroatoms. The van der Waals surface area contributed by atoms with E-state index in [2.05, 4.69) is 11.0 Å². The number of carbonyl (C=O) groups excluding carboxylic acids is 1. The molecule has 0 aliphatic carbocycles. The maximum absolute atomic E-state index is 12.1. The van der Waals surface area contributed by atoms with Crippen molar-refractivity contribution in [3.63, 3.8) is 0 Å². The molecular weight excluding hydrogens is 472 g/mol. The second kappa shape index (κ2) is 12.8. The summed E-state index contributed by atoms with van der Waals surface area (Å²) in [6.45, 7) is 0.0382. The Bertz CT molecular complexity index is 1130. The number of carboxylic acid groups (broad SMARTS) is 4. The maximum Gasteiger partial charge on any atom is 0.357 e. The van der Waals surface area contributed by atoms with E-state index in [1.54, 1.807) is 0 Å². The quantitative estimate of drug-likeness (QED) is 0.124. The molecule has 186 valence electrons. The van der Waals surface area contributed by atoms with Gasteiger partial charge in [0.15, 0.2) is 0 Å². The zero-order valence-corrected chi connectivity index (χ0v) is 17.8. The largest absolute Gasteiger partial charge is 0.478 e. The lowest BCUT2D eigenvalue weighted by molar-refractivity contribution is -0.344. The highest BCUT2D eigenvalue weighted by Crippen LogP contribution is 2.15. The molecule has 0 bridgehead atoms. The molecule has 2 aromatic rings. The van der Waals surface area contributed by atoms with Crippen LogP contribution in [-0.2, 0) is 21.3 Å². The SMILES string of the molecule is O=C(O)c1ccc(COONCCCNOC(=O)c2ccc(C(=O)O)cc2C(=O)O)c(C(=O)O)c1. The molecule has 0 fully saturated rings. The van der Waals surface area contributed by atoms with Gasteiger partial charge < -0.3 is 25.3 Å². The minimum Gasteiger partial charge on any atom is -0.478 e. The third kappa shape index (κ3) is 7.86. The summed E-state index contributed by atoms with van der Waals surface area (Å²) >= 11 is 0. The Morgan fingerprint density at radius 2 is 1.26 bits per heavy atom. The maximum atomic E-state index is 12.1. The van der Waals surface area contributed by atoms with Crippen molar-refractivity contribution in [2.75, 3.05) is 13.1 Å². The average Bonchev–Trinajstić information content (AvgIpc) is 2.82. The zero-order chi connectivity index (χ0) is 26.0. The molecule has 0 amide bonds. The van der Waals surface area contributed by atoms with Crippen LogP contribution in [0, 0.1) is 0 Å². The van der Waals surface area contributed by atoms with Crippen molar-refractivity contribution in [2.45, 2.75) is 13.0 Å². The third-order valence-electron chi connectivity index (χ3n) is 4.36. The number of nitrogens with one attached hydrogen (secondary N) is 2. The van der Waals surface area contributed by atoms with E-state index in [1.807, 2.05) is 0 Å². The molecule has 0 unspecified atom stereocenters. The summed E-state index contributed by atoms with van der Waals surface area (Å²) in [5.74, 6) is -6.45. The van der Waals surface area contributed by atoms with E-state index in [-0.39, 0.29) is 47.5 Å². The molecule has 0 spiro atoms. The van der Waals surface area contributed by atoms with Crippen molar-refractivity contribution in [1.29, 1.82) is 0 Å². The predicted molar refractivity (Wildman–Crippen MR) is 113 cm³/mol. The normalized spacial score (nSPS) is 10.5. The summed E-state index contributed by atoms with van der Waals surface area (Å²) < 4.78 is 0. The van der Waals surface area contributed by atoms with Gasteiger partial charge in [0, 0.05) is 13.1 Å². The first kappa shape index (κ1) is 26.9. The molecule has 6 N–H and O–H groups in total. The van der Waals surface area contributed by atoms with Gasteiger partial charge in [-0.1, -0.05) is 6.07 Å². The van der Waals surface area contributed by atoms with E-state index in [9.17, 15) is 34.2 Å². The summed E-state index contributed by atoms with van der Waals surface area (Å²) in [7, 11) is 0. The van der Waals surface area contributed by atoms with Crippen LogP contribution in [0.2, 0.25) is 0 Å². The lowest BCUT2D eigenvalue weighted by atomic mass is 10.0. The summed E-state index contributed by atoms with van der Waals surface area (Å²) in [4.78, 5) is 70.8. The number of carboxylic acids is 4. The molecule has 14 nitrogen and oxygen atoms in total. The van der Waals surface area contributed by atoms with Crippen LogP contribution in [0.3, 0.4) is 0 Å². The van der Waals surface area contributed by atoms with Gasteiger partial charge in [-0.25, -0.2) is 28.9 Å². The highest BCUT2D eigenvalue weighted by atomic mass is 17.3. The van der Waals surface area contributed by atoms with Crippen molar-refractivity contribution in [3.05, 3.63) is 69.8 Å². The summed E-state index contributed by atoms with van der Waals surface area (Å²) in [5, 5.41) is 36.2. The molecule has 0 aliphatic heterocycles. The number of hydrogen-bond donors (Lipinski definition) is 6. The first-order valence-corrected chi connectivity index (χ1v) is 9.77. The molecular formula is C21H20N2O12. The monoisotopic (exact) mass is 492 g/mol. The van der Waals surface area contributed by atoms with Crippen molar-refractivity contribution in [1.82, 2.24) is 11.0 Å². The summed E-state index contributed by atoms with van der Waals surface area (Å²) in [5.41, 5.74) is 3.36. The van der Waals surface area contributed by atoms with E-state index in [4.69, 9.17) is 24.9 Å². The lowest BCUT2D eigenvalue weighted by Gasteiger charge is -2.09. The second-order valence-electron chi connectivity index (χ2n) is 6.73. The van der Waals surface area contributed by atoms with Crippen LogP contribution in [0.4, 0.5) is 0 Å². The van der Waals surface area contributed by atoms with Crippen molar-refractivity contribution >= 4 is 29.8 Å². The van der Waals surface area contributed by atoms with Crippen LogP contribution in [0.25, 0.3) is 0 Å². The predicted octanol–water partition coefficient (Wildman–Crippen LogP) is 1.18. The Morgan fingerprint density at radius 1 is 0.686 bits per heavy atom. The van der Waals surface area contributed by atoms with E-state index in [0.29, 0.717) is 6.42 Å². The number of hydrogen-bond acceptors (Lipinski definition) is 10. The van der Waals surface area contributed by atoms with Crippen molar-refractivity contribution < 1.29 is 59.1 Å². The van der Waals surface area contributed by atoms with Crippen LogP contribution in [-0.4, -0.2) is 63.4 Å². The van der Waals surface area contributed by atoms with Crippen LogP contribution >= 0.6 is 0 Å². The van der Waals surface area contributed by atoms with Gasteiger partial charge in [0.25, 0.3) is 0 Å². The van der Waals surface area contributed by atoms with Gasteiger partial charge in [-0.05, 0) is 42.3 Å². The number of benzene rings is 2. The van der Waals surface area contributed by atoms with E-state index < -0.39 is 35.4 Å². The number of carbonyl (C=O) groups is 5.